The second kappa shape index (κ2) is 10.8. The maximum Gasteiger partial charge on any atom is 0.338 e. The van der Waals surface area contributed by atoms with Gasteiger partial charge in [0, 0.05) is 22.4 Å². The van der Waals surface area contributed by atoms with Crippen molar-refractivity contribution in [3.8, 4) is 0 Å². The zero-order chi connectivity index (χ0) is 30.5. The first kappa shape index (κ1) is 27.5. The molecule has 1 aliphatic heterocycles. The van der Waals surface area contributed by atoms with Crippen molar-refractivity contribution in [2.45, 2.75) is 11.8 Å². The Morgan fingerprint density at radius 3 is 1.64 bits per heavy atom. The summed E-state index contributed by atoms with van der Waals surface area (Å²) in [5, 5.41) is 0.464. The maximum atomic E-state index is 13.9. The second-order valence-corrected chi connectivity index (χ2v) is 11.3. The standard InChI is InChI=1S/C34H24ClN3O6/c35-20-13-9-18(10-14-20)31(40)37-36-26(39)17-44-34(43)19-11-15-21(16-12-19)38-32(41)29-27-22-5-1-2-6-23(22)28(30(29)33(38)42)25-8-4-3-7-24(25)27/h1-16,27-30H,17H2,(H,36,39)(H,37,40)/t27?,28?,29-,30+. The van der Waals surface area contributed by atoms with E-state index >= 15 is 0 Å². The predicted octanol–water partition coefficient (Wildman–Crippen LogP) is 4.35. The average molecular weight is 606 g/mol. The molecule has 0 spiro atoms. The Bertz CT molecular complexity index is 1740. The van der Waals surface area contributed by atoms with E-state index in [1.165, 1.54) is 53.4 Å². The van der Waals surface area contributed by atoms with Crippen LogP contribution in [-0.2, 0) is 19.1 Å². The third-order valence-electron chi connectivity index (χ3n) is 8.57. The Hall–Kier alpha value is -5.28. The number of esters is 1. The van der Waals surface area contributed by atoms with E-state index in [4.69, 9.17) is 16.3 Å². The van der Waals surface area contributed by atoms with E-state index in [-0.39, 0.29) is 34.8 Å². The maximum absolute atomic E-state index is 13.9. The fourth-order valence-corrected chi connectivity index (χ4v) is 6.85. The predicted molar refractivity (Wildman–Crippen MR) is 160 cm³/mol. The highest BCUT2D eigenvalue weighted by Crippen LogP contribution is 2.61. The van der Waals surface area contributed by atoms with E-state index in [9.17, 15) is 24.0 Å². The average Bonchev–Trinajstić information content (AvgIpc) is 3.32. The van der Waals surface area contributed by atoms with Gasteiger partial charge in [-0.05, 0) is 70.8 Å². The Morgan fingerprint density at radius 2 is 1.14 bits per heavy atom. The van der Waals surface area contributed by atoms with Crippen molar-refractivity contribution < 1.29 is 28.7 Å². The molecule has 1 heterocycles. The fourth-order valence-electron chi connectivity index (χ4n) is 6.73. The zero-order valence-electron chi connectivity index (χ0n) is 23.0. The van der Waals surface area contributed by atoms with Crippen LogP contribution in [0.1, 0.15) is 54.8 Å². The molecule has 0 radical (unpaired) electrons. The monoisotopic (exact) mass is 605 g/mol. The SMILES string of the molecule is O=C(COC(=O)c1ccc(N2C(=O)[C@@H]3C4c5ccccc5C(c5ccccc54)[C@@H]3C2=O)cc1)NNC(=O)c1ccc(Cl)cc1. The van der Waals surface area contributed by atoms with Gasteiger partial charge in [0.15, 0.2) is 6.61 Å². The Kier molecular flexibility index (Phi) is 6.74. The summed E-state index contributed by atoms with van der Waals surface area (Å²) in [6.45, 7) is -0.641. The second-order valence-electron chi connectivity index (χ2n) is 10.9. The molecule has 218 valence electrons. The van der Waals surface area contributed by atoms with Gasteiger partial charge >= 0.3 is 5.97 Å². The van der Waals surface area contributed by atoms with Crippen molar-refractivity contribution >= 4 is 46.9 Å². The van der Waals surface area contributed by atoms with Crippen LogP contribution >= 0.6 is 11.6 Å². The van der Waals surface area contributed by atoms with Crippen LogP contribution in [0.3, 0.4) is 0 Å². The number of carbonyl (C=O) groups is 5. The van der Waals surface area contributed by atoms with Gasteiger partial charge in [-0.1, -0.05) is 60.1 Å². The normalized spacial score (nSPS) is 20.8. The lowest BCUT2D eigenvalue weighted by molar-refractivity contribution is -0.125. The van der Waals surface area contributed by atoms with Gasteiger partial charge in [0.1, 0.15) is 0 Å². The summed E-state index contributed by atoms with van der Waals surface area (Å²) >= 11 is 5.81. The number of carbonyl (C=O) groups excluding carboxylic acids is 5. The molecule has 0 saturated carbocycles. The molecule has 10 heteroatoms. The van der Waals surface area contributed by atoms with Gasteiger partial charge in [-0.3, -0.25) is 30.0 Å². The van der Waals surface area contributed by atoms with Crippen LogP contribution in [0.15, 0.2) is 97.1 Å². The lowest BCUT2D eigenvalue weighted by atomic mass is 9.55. The number of hydrogen-bond acceptors (Lipinski definition) is 6. The molecule has 4 aliphatic rings. The molecule has 0 unspecified atom stereocenters. The van der Waals surface area contributed by atoms with E-state index in [0.717, 1.165) is 22.3 Å². The summed E-state index contributed by atoms with van der Waals surface area (Å²) in [4.78, 5) is 65.9. The Balaban J connectivity index is 1.02. The number of hydrazine groups is 1. The summed E-state index contributed by atoms with van der Waals surface area (Å²) in [5.74, 6) is -4.06. The van der Waals surface area contributed by atoms with Crippen LogP contribution in [0.2, 0.25) is 5.02 Å². The number of rotatable bonds is 5. The molecule has 4 amide bonds. The van der Waals surface area contributed by atoms with E-state index < -0.39 is 36.2 Å². The lowest BCUT2D eigenvalue weighted by Gasteiger charge is -2.45. The van der Waals surface area contributed by atoms with Gasteiger partial charge in [-0.2, -0.15) is 0 Å². The number of nitrogens with one attached hydrogen (secondary N) is 2. The molecule has 4 aromatic rings. The number of nitrogens with zero attached hydrogens (tertiary/aromatic N) is 1. The number of halogens is 1. The van der Waals surface area contributed by atoms with Gasteiger partial charge in [-0.15, -0.1) is 0 Å². The topological polar surface area (TPSA) is 122 Å². The molecule has 9 nitrogen and oxygen atoms in total. The smallest absolute Gasteiger partial charge is 0.338 e. The van der Waals surface area contributed by atoms with Crippen LogP contribution in [0, 0.1) is 11.8 Å². The molecule has 44 heavy (non-hydrogen) atoms. The van der Waals surface area contributed by atoms with Gasteiger partial charge in [0.25, 0.3) is 11.8 Å². The van der Waals surface area contributed by atoms with Gasteiger partial charge < -0.3 is 4.74 Å². The quantitative estimate of drug-likeness (QED) is 0.198. The first-order valence-corrected chi connectivity index (χ1v) is 14.4. The number of anilines is 1. The molecule has 4 aromatic carbocycles. The van der Waals surface area contributed by atoms with Crippen LogP contribution in [-0.4, -0.2) is 36.2 Å². The van der Waals surface area contributed by atoms with E-state index in [1.807, 2.05) is 48.5 Å². The van der Waals surface area contributed by atoms with Crippen molar-refractivity contribution in [3.63, 3.8) is 0 Å². The van der Waals surface area contributed by atoms with Gasteiger partial charge in [0.05, 0.1) is 23.1 Å². The summed E-state index contributed by atoms with van der Waals surface area (Å²) < 4.78 is 5.07. The first-order valence-electron chi connectivity index (χ1n) is 14.0. The minimum atomic E-state index is -0.785. The number of benzene rings is 4. The molecule has 1 saturated heterocycles. The summed E-state index contributed by atoms with van der Waals surface area (Å²) in [6.07, 6.45) is 0. The highest BCUT2D eigenvalue weighted by Gasteiger charge is 2.61. The molecule has 8 rings (SSSR count). The molecule has 1 fully saturated rings. The fraction of sp³-hybridized carbons (Fsp3) is 0.147. The lowest BCUT2D eigenvalue weighted by Crippen LogP contribution is -2.43. The van der Waals surface area contributed by atoms with Crippen LogP contribution < -0.4 is 15.8 Å². The Labute approximate surface area is 256 Å². The molecule has 3 aliphatic carbocycles. The van der Waals surface area contributed by atoms with E-state index in [2.05, 4.69) is 10.9 Å². The highest BCUT2D eigenvalue weighted by atomic mass is 35.5. The van der Waals surface area contributed by atoms with Gasteiger partial charge in [-0.25, -0.2) is 9.69 Å². The molecule has 0 aromatic heterocycles. The number of ether oxygens (including phenoxy) is 1. The van der Waals surface area contributed by atoms with Crippen molar-refractivity contribution in [3.05, 3.63) is 135 Å². The van der Waals surface area contributed by atoms with Crippen molar-refractivity contribution in [1.29, 1.82) is 0 Å². The summed E-state index contributed by atoms with van der Waals surface area (Å²) in [7, 11) is 0. The van der Waals surface area contributed by atoms with E-state index in [0.29, 0.717) is 10.7 Å². The minimum absolute atomic E-state index is 0.128. The van der Waals surface area contributed by atoms with Crippen LogP contribution in [0.25, 0.3) is 0 Å². The molecular weight excluding hydrogens is 582 g/mol. The largest absolute Gasteiger partial charge is 0.452 e. The van der Waals surface area contributed by atoms with Gasteiger partial charge in [0.2, 0.25) is 11.8 Å². The van der Waals surface area contributed by atoms with Crippen LogP contribution in [0.4, 0.5) is 5.69 Å². The summed E-state index contributed by atoms with van der Waals surface area (Å²) in [5.41, 5.74) is 9.54. The third-order valence-corrected chi connectivity index (χ3v) is 8.82. The van der Waals surface area contributed by atoms with Crippen molar-refractivity contribution in [1.82, 2.24) is 10.9 Å². The Morgan fingerprint density at radius 1 is 0.659 bits per heavy atom. The first-order chi connectivity index (χ1) is 21.3. The third kappa shape index (κ3) is 4.44. The molecule has 2 atom stereocenters. The molecule has 2 N–H and O–H groups in total. The molecule has 2 bridgehead atoms. The van der Waals surface area contributed by atoms with Crippen molar-refractivity contribution in [2.75, 3.05) is 11.5 Å². The number of hydrogen-bond donors (Lipinski definition) is 2. The van der Waals surface area contributed by atoms with E-state index in [1.54, 1.807) is 0 Å². The summed E-state index contributed by atoms with van der Waals surface area (Å²) in [6, 6.07) is 28.1. The number of imide groups is 1. The minimum Gasteiger partial charge on any atom is -0.452 e. The molecular formula is C34H24ClN3O6. The zero-order valence-corrected chi connectivity index (χ0v) is 23.8. The number of amides is 4. The van der Waals surface area contributed by atoms with Crippen molar-refractivity contribution in [2.24, 2.45) is 11.8 Å². The van der Waals surface area contributed by atoms with Crippen LogP contribution in [0.5, 0.6) is 0 Å². The highest BCUT2D eigenvalue weighted by molar-refractivity contribution is 6.30.